The van der Waals surface area contributed by atoms with Crippen LogP contribution < -0.4 is 0 Å². The SMILES string of the molecule is COC(=O)[C@H]1O[C@@H](O[Si](C)(C)C(C)(C)C)[C@H](OC(=O)c2ccccc2)[C@@H](OC(=O)c2ccccc2)[C@@H]1O. The van der Waals surface area contributed by atoms with E-state index < -0.39 is 56.9 Å². The monoisotopic (exact) mass is 530 g/mol. The molecule has 200 valence electrons. The van der Waals surface area contributed by atoms with Gasteiger partial charge in [-0.3, -0.25) is 0 Å². The van der Waals surface area contributed by atoms with Gasteiger partial charge in [0.15, 0.2) is 32.9 Å². The average molecular weight is 531 g/mol. The third-order valence-electron chi connectivity index (χ3n) is 6.68. The second-order valence-corrected chi connectivity index (χ2v) is 15.0. The summed E-state index contributed by atoms with van der Waals surface area (Å²) in [6.45, 7) is 9.93. The number of aliphatic hydroxyl groups excluding tert-OH is 1. The molecule has 1 aliphatic heterocycles. The van der Waals surface area contributed by atoms with Gasteiger partial charge >= 0.3 is 17.9 Å². The molecule has 10 heteroatoms. The highest BCUT2D eigenvalue weighted by Gasteiger charge is 2.55. The first-order chi connectivity index (χ1) is 17.4. The van der Waals surface area contributed by atoms with Crippen LogP contribution in [0.1, 0.15) is 41.5 Å². The van der Waals surface area contributed by atoms with Crippen molar-refractivity contribution in [3.63, 3.8) is 0 Å². The summed E-state index contributed by atoms with van der Waals surface area (Å²) in [6, 6.07) is 16.4. The maximum atomic E-state index is 13.1. The topological polar surface area (TPSA) is 118 Å². The molecule has 2 aromatic rings. The predicted octanol–water partition coefficient (Wildman–Crippen LogP) is 3.72. The standard InChI is InChI=1S/C27H34O9Si/c1-27(2,3)37(5,6)36-26-22(34-24(30)18-15-11-8-12-16-18)20(19(28)21(35-26)25(31)32-4)33-23(29)17-13-9-7-10-14-17/h7-16,19-22,26,28H,1-6H3/t19-,20-,21-,22+,26-/m0/s1. The Kier molecular flexibility index (Phi) is 8.91. The maximum absolute atomic E-state index is 13.1. The molecule has 1 aliphatic rings. The Morgan fingerprint density at radius 1 is 0.838 bits per heavy atom. The first-order valence-electron chi connectivity index (χ1n) is 12.0. The van der Waals surface area contributed by atoms with Gasteiger partial charge in [0.2, 0.25) is 0 Å². The van der Waals surface area contributed by atoms with E-state index >= 15 is 0 Å². The predicted molar refractivity (Wildman–Crippen MR) is 136 cm³/mol. The van der Waals surface area contributed by atoms with Crippen molar-refractivity contribution < 1.29 is 42.9 Å². The summed E-state index contributed by atoms with van der Waals surface area (Å²) in [5, 5.41) is 10.8. The van der Waals surface area contributed by atoms with Gasteiger partial charge < -0.3 is 28.5 Å². The molecule has 1 fully saturated rings. The van der Waals surface area contributed by atoms with Crippen molar-refractivity contribution in [2.45, 2.75) is 69.6 Å². The van der Waals surface area contributed by atoms with Crippen LogP contribution in [0.3, 0.4) is 0 Å². The molecule has 0 spiro atoms. The molecule has 1 saturated heterocycles. The highest BCUT2D eigenvalue weighted by molar-refractivity contribution is 6.74. The van der Waals surface area contributed by atoms with Crippen molar-refractivity contribution in [1.29, 1.82) is 0 Å². The lowest BCUT2D eigenvalue weighted by molar-refractivity contribution is -0.273. The largest absolute Gasteiger partial charge is 0.467 e. The molecule has 0 radical (unpaired) electrons. The number of ether oxygens (including phenoxy) is 4. The van der Waals surface area contributed by atoms with Crippen molar-refractivity contribution in [2.24, 2.45) is 0 Å². The molecule has 9 nitrogen and oxygen atoms in total. The van der Waals surface area contributed by atoms with Crippen LogP contribution in [0.25, 0.3) is 0 Å². The van der Waals surface area contributed by atoms with Crippen LogP contribution in [0.4, 0.5) is 0 Å². The summed E-state index contributed by atoms with van der Waals surface area (Å²) in [7, 11) is -1.44. The van der Waals surface area contributed by atoms with E-state index in [1.54, 1.807) is 60.7 Å². The van der Waals surface area contributed by atoms with E-state index in [9.17, 15) is 19.5 Å². The zero-order chi connectivity index (χ0) is 27.4. The van der Waals surface area contributed by atoms with Crippen LogP contribution in [0.15, 0.2) is 60.7 Å². The Morgan fingerprint density at radius 2 is 1.30 bits per heavy atom. The lowest BCUT2D eigenvalue weighted by Crippen LogP contribution is -2.64. The number of esters is 3. The van der Waals surface area contributed by atoms with Gasteiger partial charge in [0, 0.05) is 0 Å². The fraction of sp³-hybridized carbons (Fsp3) is 0.444. The fourth-order valence-electron chi connectivity index (χ4n) is 3.49. The Morgan fingerprint density at radius 3 is 1.73 bits per heavy atom. The molecule has 5 atom stereocenters. The van der Waals surface area contributed by atoms with E-state index in [0.717, 1.165) is 7.11 Å². The van der Waals surface area contributed by atoms with E-state index in [4.69, 9.17) is 23.4 Å². The van der Waals surface area contributed by atoms with Crippen LogP contribution in [0.2, 0.25) is 18.1 Å². The lowest BCUT2D eigenvalue weighted by Gasteiger charge is -2.46. The number of methoxy groups -OCH3 is 1. The summed E-state index contributed by atoms with van der Waals surface area (Å²) in [6.07, 6.45) is -7.44. The van der Waals surface area contributed by atoms with Crippen molar-refractivity contribution in [1.82, 2.24) is 0 Å². The zero-order valence-electron chi connectivity index (χ0n) is 21.9. The number of aliphatic hydroxyl groups is 1. The minimum Gasteiger partial charge on any atom is -0.467 e. The fourth-order valence-corrected chi connectivity index (χ4v) is 4.61. The highest BCUT2D eigenvalue weighted by Crippen LogP contribution is 2.40. The molecule has 1 heterocycles. The number of carbonyl (C=O) groups is 3. The van der Waals surface area contributed by atoms with Gasteiger partial charge in [-0.25, -0.2) is 14.4 Å². The average Bonchev–Trinajstić information content (AvgIpc) is 2.87. The van der Waals surface area contributed by atoms with Crippen LogP contribution in [-0.2, 0) is 28.2 Å². The van der Waals surface area contributed by atoms with Gasteiger partial charge in [0.1, 0.15) is 6.10 Å². The number of benzene rings is 2. The van der Waals surface area contributed by atoms with Crippen molar-refractivity contribution in [2.75, 3.05) is 7.11 Å². The Balaban J connectivity index is 2.03. The highest BCUT2D eigenvalue weighted by atomic mass is 28.4. The Bertz CT molecular complexity index is 1080. The van der Waals surface area contributed by atoms with Gasteiger partial charge in [0.05, 0.1) is 18.2 Å². The quantitative estimate of drug-likeness (QED) is 0.325. The summed E-state index contributed by atoms with van der Waals surface area (Å²) >= 11 is 0. The normalized spacial score (nSPS) is 24.1. The lowest BCUT2D eigenvalue weighted by atomic mass is 9.98. The van der Waals surface area contributed by atoms with Gasteiger partial charge in [-0.2, -0.15) is 0 Å². The summed E-state index contributed by atoms with van der Waals surface area (Å²) < 4.78 is 28.5. The summed E-state index contributed by atoms with van der Waals surface area (Å²) in [4.78, 5) is 38.6. The minimum absolute atomic E-state index is 0.214. The first kappa shape index (κ1) is 28.5. The molecule has 0 saturated carbocycles. The molecular weight excluding hydrogens is 496 g/mol. The van der Waals surface area contributed by atoms with Crippen LogP contribution in [0, 0.1) is 0 Å². The number of carbonyl (C=O) groups excluding carboxylic acids is 3. The summed E-state index contributed by atoms with van der Waals surface area (Å²) in [5.41, 5.74) is 0.456. The number of hydrogen-bond donors (Lipinski definition) is 1. The molecule has 0 aromatic heterocycles. The summed E-state index contributed by atoms with van der Waals surface area (Å²) in [5.74, 6) is -2.39. The van der Waals surface area contributed by atoms with E-state index in [2.05, 4.69) is 0 Å². The first-order valence-corrected chi connectivity index (χ1v) is 14.9. The molecule has 2 aromatic carbocycles. The van der Waals surface area contributed by atoms with E-state index in [1.807, 2.05) is 33.9 Å². The van der Waals surface area contributed by atoms with E-state index in [1.165, 1.54) is 0 Å². The number of rotatable bonds is 7. The van der Waals surface area contributed by atoms with Crippen LogP contribution in [0.5, 0.6) is 0 Å². The van der Waals surface area contributed by atoms with Gasteiger partial charge in [-0.05, 0) is 42.4 Å². The molecule has 0 amide bonds. The smallest absolute Gasteiger partial charge is 0.338 e. The zero-order valence-corrected chi connectivity index (χ0v) is 22.9. The van der Waals surface area contributed by atoms with Gasteiger partial charge in [0.25, 0.3) is 0 Å². The van der Waals surface area contributed by atoms with E-state index in [-0.39, 0.29) is 16.2 Å². The number of hydrogen-bond acceptors (Lipinski definition) is 9. The molecule has 0 bridgehead atoms. The van der Waals surface area contributed by atoms with Crippen molar-refractivity contribution >= 4 is 26.2 Å². The Labute approximate surface area is 217 Å². The van der Waals surface area contributed by atoms with Gasteiger partial charge in [-0.15, -0.1) is 0 Å². The molecule has 0 aliphatic carbocycles. The second kappa shape index (κ2) is 11.6. The third kappa shape index (κ3) is 6.64. The molecule has 3 rings (SSSR count). The Hall–Kier alpha value is -3.05. The molecular formula is C27H34O9Si. The molecule has 1 N–H and O–H groups in total. The van der Waals surface area contributed by atoms with Gasteiger partial charge in [-0.1, -0.05) is 57.2 Å². The van der Waals surface area contributed by atoms with Crippen LogP contribution in [-0.4, -0.2) is 69.1 Å². The van der Waals surface area contributed by atoms with E-state index in [0.29, 0.717) is 0 Å². The maximum Gasteiger partial charge on any atom is 0.338 e. The molecule has 37 heavy (non-hydrogen) atoms. The van der Waals surface area contributed by atoms with Crippen molar-refractivity contribution in [3.05, 3.63) is 71.8 Å². The third-order valence-corrected chi connectivity index (χ3v) is 11.1. The van der Waals surface area contributed by atoms with Crippen LogP contribution >= 0.6 is 0 Å². The van der Waals surface area contributed by atoms with Crippen molar-refractivity contribution in [3.8, 4) is 0 Å². The molecule has 0 unspecified atom stereocenters. The minimum atomic E-state index is -2.59. The second-order valence-electron chi connectivity index (χ2n) is 10.3.